The molecular weight excluding hydrogens is 352 g/mol. The van der Waals surface area contributed by atoms with Gasteiger partial charge in [0.15, 0.2) is 0 Å². The van der Waals surface area contributed by atoms with Crippen LogP contribution in [0.25, 0.3) is 0 Å². The van der Waals surface area contributed by atoms with Gasteiger partial charge in [-0.25, -0.2) is 0 Å². The van der Waals surface area contributed by atoms with Gasteiger partial charge in [0.25, 0.3) is 0 Å². The minimum Gasteiger partial charge on any atom is -0.304 e. The van der Waals surface area contributed by atoms with Crippen LogP contribution in [0.1, 0.15) is 50.7 Å². The molecule has 1 atom stereocenters. The van der Waals surface area contributed by atoms with Gasteiger partial charge in [-0.3, -0.25) is 9.67 Å². The first-order valence-corrected chi connectivity index (χ1v) is 8.30. The van der Waals surface area contributed by atoms with Crippen LogP contribution >= 0.6 is 27.5 Å². The zero-order chi connectivity index (χ0) is 15.4. The molecule has 2 rings (SSSR count). The molecule has 0 bridgehead atoms. The number of nitrogens with one attached hydrogen (secondary N) is 1. The number of hydrogen-bond donors (Lipinski definition) is 1. The Morgan fingerprint density at radius 1 is 1.43 bits per heavy atom. The van der Waals surface area contributed by atoms with Crippen LogP contribution in [0.4, 0.5) is 0 Å². The predicted octanol–water partition coefficient (Wildman–Crippen LogP) is 4.36. The van der Waals surface area contributed by atoms with E-state index in [0.717, 1.165) is 28.8 Å². The molecule has 0 aliphatic heterocycles. The van der Waals surface area contributed by atoms with Crippen molar-refractivity contribution in [3.63, 3.8) is 0 Å². The average Bonchev–Trinajstić information content (AvgIpc) is 2.83. The van der Waals surface area contributed by atoms with E-state index in [2.05, 4.69) is 52.1 Å². The first-order chi connectivity index (χ1) is 10.1. The highest BCUT2D eigenvalue weighted by Gasteiger charge is 2.25. The molecule has 0 radical (unpaired) electrons. The second kappa shape index (κ2) is 7.38. The molecule has 1 unspecified atom stereocenters. The highest BCUT2D eigenvalue weighted by molar-refractivity contribution is 9.10. The molecule has 0 saturated carbocycles. The minimum absolute atomic E-state index is 0.0853. The zero-order valence-corrected chi connectivity index (χ0v) is 14.8. The number of aromatic nitrogens is 3. The number of pyridine rings is 1. The summed E-state index contributed by atoms with van der Waals surface area (Å²) in [6, 6.07) is 3.89. The average molecular weight is 372 g/mol. The van der Waals surface area contributed by atoms with Crippen LogP contribution in [0.15, 0.2) is 29.0 Å². The maximum atomic E-state index is 6.35. The van der Waals surface area contributed by atoms with E-state index in [9.17, 15) is 0 Å². The largest absolute Gasteiger partial charge is 0.304 e. The van der Waals surface area contributed by atoms with Gasteiger partial charge >= 0.3 is 0 Å². The van der Waals surface area contributed by atoms with Gasteiger partial charge in [0.1, 0.15) is 0 Å². The summed E-state index contributed by atoms with van der Waals surface area (Å²) < 4.78 is 2.97. The van der Waals surface area contributed by atoms with Crippen molar-refractivity contribution in [3.8, 4) is 0 Å². The molecule has 4 nitrogen and oxygen atoms in total. The Hall–Kier alpha value is -0.910. The molecular formula is C15H20BrClN4. The van der Waals surface area contributed by atoms with E-state index in [-0.39, 0.29) is 12.1 Å². The lowest BCUT2D eigenvalue weighted by molar-refractivity contribution is 0.467. The van der Waals surface area contributed by atoms with Crippen molar-refractivity contribution in [2.75, 3.05) is 6.54 Å². The van der Waals surface area contributed by atoms with Crippen LogP contribution in [-0.2, 0) is 0 Å². The Balaban J connectivity index is 2.51. The third-order valence-electron chi connectivity index (χ3n) is 3.21. The Morgan fingerprint density at radius 2 is 2.19 bits per heavy atom. The topological polar surface area (TPSA) is 42.7 Å². The number of halogens is 2. The smallest absolute Gasteiger partial charge is 0.0948 e. The second-order valence-corrected chi connectivity index (χ2v) is 6.44. The molecule has 114 valence electrons. The van der Waals surface area contributed by atoms with Crippen molar-refractivity contribution < 1.29 is 0 Å². The molecule has 0 aliphatic carbocycles. The van der Waals surface area contributed by atoms with Crippen molar-refractivity contribution in [2.45, 2.75) is 39.3 Å². The van der Waals surface area contributed by atoms with Crippen LogP contribution in [0.3, 0.4) is 0 Å². The van der Waals surface area contributed by atoms with Crippen LogP contribution in [0.2, 0.25) is 5.02 Å². The van der Waals surface area contributed by atoms with E-state index in [0.29, 0.717) is 5.02 Å². The normalized spacial score (nSPS) is 12.9. The highest BCUT2D eigenvalue weighted by atomic mass is 79.9. The lowest BCUT2D eigenvalue weighted by Gasteiger charge is -2.22. The molecule has 0 amide bonds. The second-order valence-electron chi connectivity index (χ2n) is 5.17. The standard InChI is InChI=1S/C15H20BrClN4/c1-4-7-18-14(13-12(17)6-5-8-19-13)15-11(16)9-20-21(15)10(2)3/h5-6,8-10,14,18H,4,7H2,1-3H3. The van der Waals surface area contributed by atoms with E-state index < -0.39 is 0 Å². The lowest BCUT2D eigenvalue weighted by atomic mass is 10.1. The lowest BCUT2D eigenvalue weighted by Crippen LogP contribution is -2.27. The molecule has 0 aromatic carbocycles. The van der Waals surface area contributed by atoms with Crippen LogP contribution in [-0.4, -0.2) is 21.3 Å². The molecule has 1 N–H and O–H groups in total. The summed E-state index contributed by atoms with van der Waals surface area (Å²) in [5.74, 6) is 0. The molecule has 0 aliphatic rings. The molecule has 21 heavy (non-hydrogen) atoms. The number of hydrogen-bond acceptors (Lipinski definition) is 3. The van der Waals surface area contributed by atoms with Crippen LogP contribution in [0.5, 0.6) is 0 Å². The maximum Gasteiger partial charge on any atom is 0.0948 e. The van der Waals surface area contributed by atoms with Crippen molar-refractivity contribution in [3.05, 3.63) is 45.4 Å². The fraction of sp³-hybridized carbons (Fsp3) is 0.467. The molecule has 2 heterocycles. The van der Waals surface area contributed by atoms with Gasteiger partial charge in [-0.15, -0.1) is 0 Å². The summed E-state index contributed by atoms with van der Waals surface area (Å²) >= 11 is 9.96. The molecule has 2 aromatic heterocycles. The molecule has 6 heteroatoms. The van der Waals surface area contributed by atoms with Crippen molar-refractivity contribution in [1.29, 1.82) is 0 Å². The fourth-order valence-electron chi connectivity index (χ4n) is 2.25. The Labute approximate surface area is 139 Å². The van der Waals surface area contributed by atoms with Crippen LogP contribution in [0, 0.1) is 0 Å². The fourth-order valence-corrected chi connectivity index (χ4v) is 2.99. The maximum absolute atomic E-state index is 6.35. The van der Waals surface area contributed by atoms with E-state index in [1.54, 1.807) is 6.20 Å². The molecule has 0 fully saturated rings. The predicted molar refractivity (Wildman–Crippen MR) is 89.7 cm³/mol. The van der Waals surface area contributed by atoms with Gasteiger partial charge in [0, 0.05) is 12.2 Å². The summed E-state index contributed by atoms with van der Waals surface area (Å²) in [5.41, 5.74) is 1.88. The summed E-state index contributed by atoms with van der Waals surface area (Å²) in [6.07, 6.45) is 4.63. The Kier molecular flexibility index (Phi) is 5.79. The van der Waals surface area contributed by atoms with Crippen molar-refractivity contribution >= 4 is 27.5 Å². The number of nitrogens with zero attached hydrogens (tertiary/aromatic N) is 3. The molecule has 0 spiro atoms. The van der Waals surface area contributed by atoms with Crippen LogP contribution < -0.4 is 5.32 Å². The quantitative estimate of drug-likeness (QED) is 0.820. The number of rotatable bonds is 6. The monoisotopic (exact) mass is 370 g/mol. The van der Waals surface area contributed by atoms with Gasteiger partial charge in [0.2, 0.25) is 0 Å². The van der Waals surface area contributed by atoms with E-state index in [4.69, 9.17) is 11.6 Å². The van der Waals surface area contributed by atoms with Gasteiger partial charge in [-0.05, 0) is 54.9 Å². The summed E-state index contributed by atoms with van der Waals surface area (Å²) in [6.45, 7) is 7.24. The summed E-state index contributed by atoms with van der Waals surface area (Å²) in [5, 5.41) is 8.65. The minimum atomic E-state index is -0.0853. The van der Waals surface area contributed by atoms with E-state index in [1.807, 2.05) is 23.0 Å². The first kappa shape index (κ1) is 16.5. The zero-order valence-electron chi connectivity index (χ0n) is 12.5. The first-order valence-electron chi connectivity index (χ1n) is 7.13. The Morgan fingerprint density at radius 3 is 2.81 bits per heavy atom. The SMILES string of the molecule is CCCNC(c1ncccc1Cl)c1c(Br)cnn1C(C)C. The van der Waals surface area contributed by atoms with Gasteiger partial charge < -0.3 is 5.32 Å². The molecule has 2 aromatic rings. The highest BCUT2D eigenvalue weighted by Crippen LogP contribution is 2.32. The summed E-state index contributed by atoms with van der Waals surface area (Å²) in [4.78, 5) is 4.47. The third kappa shape index (κ3) is 3.65. The van der Waals surface area contributed by atoms with Crippen molar-refractivity contribution in [2.24, 2.45) is 0 Å². The van der Waals surface area contributed by atoms with Gasteiger partial charge in [-0.1, -0.05) is 18.5 Å². The Bertz CT molecular complexity index is 597. The molecule has 0 saturated heterocycles. The van der Waals surface area contributed by atoms with Gasteiger partial charge in [0.05, 0.1) is 33.1 Å². The van der Waals surface area contributed by atoms with E-state index >= 15 is 0 Å². The van der Waals surface area contributed by atoms with Gasteiger partial charge in [-0.2, -0.15) is 5.10 Å². The van der Waals surface area contributed by atoms with Crippen molar-refractivity contribution in [1.82, 2.24) is 20.1 Å². The third-order valence-corrected chi connectivity index (χ3v) is 4.14. The van der Waals surface area contributed by atoms with E-state index in [1.165, 1.54) is 0 Å². The summed E-state index contributed by atoms with van der Waals surface area (Å²) in [7, 11) is 0.